The Morgan fingerprint density at radius 3 is 2.81 bits per heavy atom. The van der Waals surface area contributed by atoms with E-state index in [0.29, 0.717) is 36.0 Å². The predicted octanol–water partition coefficient (Wildman–Crippen LogP) is 0.932. The molecule has 2 fully saturated rings. The van der Waals surface area contributed by atoms with Crippen LogP contribution in [0.25, 0.3) is 0 Å². The molecule has 1 aromatic rings. The second-order valence-corrected chi connectivity index (χ2v) is 8.75. The molecule has 3 heterocycles. The van der Waals surface area contributed by atoms with Crippen LogP contribution in [0, 0.1) is 13.8 Å². The standard InChI is InChI=1S/C13H21N3O3S2/c1-9-13(10(2)15(3)14-9)21(17,18)16-5-7-20-12-8-19-6-4-11(12)16/h11-12H,4-8H2,1-3H3. The van der Waals surface area contributed by atoms with E-state index in [1.165, 1.54) is 0 Å². The first-order chi connectivity index (χ1) is 9.93. The second-order valence-electron chi connectivity index (χ2n) is 5.58. The summed E-state index contributed by atoms with van der Waals surface area (Å²) in [6.07, 6.45) is 0.773. The van der Waals surface area contributed by atoms with Crippen molar-refractivity contribution < 1.29 is 13.2 Å². The van der Waals surface area contributed by atoms with Crippen LogP contribution in [0.3, 0.4) is 0 Å². The smallest absolute Gasteiger partial charge is 0.247 e. The number of sulfonamides is 1. The summed E-state index contributed by atoms with van der Waals surface area (Å²) in [5.74, 6) is 0.822. The summed E-state index contributed by atoms with van der Waals surface area (Å²) in [5, 5.41) is 4.51. The van der Waals surface area contributed by atoms with E-state index >= 15 is 0 Å². The number of aromatic nitrogens is 2. The summed E-state index contributed by atoms with van der Waals surface area (Å²) in [6.45, 7) is 5.43. The van der Waals surface area contributed by atoms with Gasteiger partial charge in [0.25, 0.3) is 0 Å². The largest absolute Gasteiger partial charge is 0.380 e. The molecular formula is C13H21N3O3S2. The highest BCUT2D eigenvalue weighted by molar-refractivity contribution is 8.00. The second kappa shape index (κ2) is 5.57. The van der Waals surface area contributed by atoms with E-state index in [4.69, 9.17) is 4.74 Å². The van der Waals surface area contributed by atoms with Gasteiger partial charge in [0.05, 0.1) is 18.0 Å². The van der Waals surface area contributed by atoms with Gasteiger partial charge >= 0.3 is 0 Å². The third-order valence-corrected chi connectivity index (χ3v) is 7.77. The van der Waals surface area contributed by atoms with Gasteiger partial charge in [-0.2, -0.15) is 21.2 Å². The Kier molecular flexibility index (Phi) is 4.06. The molecule has 2 atom stereocenters. The Labute approximate surface area is 129 Å². The molecule has 0 bridgehead atoms. The third-order valence-electron chi connectivity index (χ3n) is 4.29. The van der Waals surface area contributed by atoms with E-state index in [-0.39, 0.29) is 11.3 Å². The Hall–Kier alpha value is -0.570. The zero-order valence-corrected chi connectivity index (χ0v) is 14.2. The number of ether oxygens (including phenoxy) is 1. The lowest BCUT2D eigenvalue weighted by Gasteiger charge is -2.42. The van der Waals surface area contributed by atoms with Crippen LogP contribution < -0.4 is 0 Å². The molecule has 6 nitrogen and oxygen atoms in total. The maximum absolute atomic E-state index is 13.1. The minimum atomic E-state index is -3.49. The van der Waals surface area contributed by atoms with E-state index in [9.17, 15) is 8.42 Å². The molecule has 21 heavy (non-hydrogen) atoms. The monoisotopic (exact) mass is 331 g/mol. The molecule has 2 saturated heterocycles. The van der Waals surface area contributed by atoms with Crippen LogP contribution >= 0.6 is 11.8 Å². The van der Waals surface area contributed by atoms with E-state index in [1.54, 1.807) is 23.0 Å². The lowest BCUT2D eigenvalue weighted by molar-refractivity contribution is 0.0625. The summed E-state index contributed by atoms with van der Waals surface area (Å²) in [4.78, 5) is 0.377. The van der Waals surface area contributed by atoms with Gasteiger partial charge in [-0.15, -0.1) is 0 Å². The molecule has 1 aromatic heterocycles. The van der Waals surface area contributed by atoms with Crippen molar-refractivity contribution in [3.8, 4) is 0 Å². The fourth-order valence-electron chi connectivity index (χ4n) is 3.19. The molecule has 2 aliphatic heterocycles. The van der Waals surface area contributed by atoms with Gasteiger partial charge in [-0.1, -0.05) is 0 Å². The molecule has 0 spiro atoms. The topological polar surface area (TPSA) is 64.4 Å². The Morgan fingerprint density at radius 2 is 2.14 bits per heavy atom. The Bertz CT molecular complexity index is 639. The number of thioether (sulfide) groups is 1. The van der Waals surface area contributed by atoms with E-state index in [1.807, 2.05) is 18.7 Å². The molecule has 0 amide bonds. The van der Waals surface area contributed by atoms with Crippen LogP contribution in [0.4, 0.5) is 0 Å². The summed E-state index contributed by atoms with van der Waals surface area (Å²) >= 11 is 1.82. The zero-order chi connectivity index (χ0) is 15.2. The van der Waals surface area contributed by atoms with Crippen LogP contribution in [-0.4, -0.2) is 59.3 Å². The first-order valence-corrected chi connectivity index (χ1v) is 9.63. The molecule has 2 unspecified atom stereocenters. The fraction of sp³-hybridized carbons (Fsp3) is 0.769. The number of aryl methyl sites for hydroxylation is 2. The normalized spacial score (nSPS) is 27.6. The average molecular weight is 331 g/mol. The number of fused-ring (bicyclic) bond motifs is 1. The van der Waals surface area contributed by atoms with Crippen molar-refractivity contribution in [1.29, 1.82) is 0 Å². The number of hydrogen-bond donors (Lipinski definition) is 0. The molecule has 2 aliphatic rings. The summed E-state index contributed by atoms with van der Waals surface area (Å²) in [5.41, 5.74) is 1.28. The van der Waals surface area contributed by atoms with Gasteiger partial charge in [-0.05, 0) is 20.3 Å². The Morgan fingerprint density at radius 1 is 1.38 bits per heavy atom. The predicted molar refractivity (Wildman–Crippen MR) is 82.0 cm³/mol. The van der Waals surface area contributed by atoms with E-state index in [2.05, 4.69) is 5.10 Å². The highest BCUT2D eigenvalue weighted by Crippen LogP contribution is 2.35. The van der Waals surface area contributed by atoms with Crippen LogP contribution in [0.1, 0.15) is 17.8 Å². The van der Waals surface area contributed by atoms with Crippen molar-refractivity contribution in [2.24, 2.45) is 7.05 Å². The van der Waals surface area contributed by atoms with Crippen LogP contribution in [-0.2, 0) is 21.8 Å². The van der Waals surface area contributed by atoms with Crippen molar-refractivity contribution in [3.05, 3.63) is 11.4 Å². The number of hydrogen-bond acceptors (Lipinski definition) is 5. The number of rotatable bonds is 2. The molecular weight excluding hydrogens is 310 g/mol. The minimum absolute atomic E-state index is 0.0431. The molecule has 3 rings (SSSR count). The van der Waals surface area contributed by atoms with Crippen molar-refractivity contribution in [3.63, 3.8) is 0 Å². The van der Waals surface area contributed by atoms with Gasteiger partial charge in [0, 0.05) is 37.2 Å². The minimum Gasteiger partial charge on any atom is -0.380 e. The van der Waals surface area contributed by atoms with Crippen molar-refractivity contribution in [1.82, 2.24) is 14.1 Å². The van der Waals surface area contributed by atoms with Crippen LogP contribution in [0.5, 0.6) is 0 Å². The molecule has 118 valence electrons. The first kappa shape index (κ1) is 15.3. The average Bonchev–Trinajstić information content (AvgIpc) is 2.71. The lowest BCUT2D eigenvalue weighted by atomic mass is 10.1. The highest BCUT2D eigenvalue weighted by atomic mass is 32.2. The lowest BCUT2D eigenvalue weighted by Crippen LogP contribution is -2.54. The van der Waals surface area contributed by atoms with E-state index in [0.717, 1.165) is 12.2 Å². The maximum Gasteiger partial charge on any atom is 0.247 e. The van der Waals surface area contributed by atoms with Gasteiger partial charge in [0.2, 0.25) is 10.0 Å². The van der Waals surface area contributed by atoms with Crippen LogP contribution in [0.15, 0.2) is 4.90 Å². The van der Waals surface area contributed by atoms with E-state index < -0.39 is 10.0 Å². The first-order valence-electron chi connectivity index (χ1n) is 7.14. The summed E-state index contributed by atoms with van der Waals surface area (Å²) in [7, 11) is -1.71. The SMILES string of the molecule is Cc1nn(C)c(C)c1S(=O)(=O)N1CCSC2COCCC21. The summed E-state index contributed by atoms with van der Waals surface area (Å²) in [6, 6.07) is 0.0431. The maximum atomic E-state index is 13.1. The van der Waals surface area contributed by atoms with Crippen molar-refractivity contribution in [2.45, 2.75) is 36.5 Å². The summed E-state index contributed by atoms with van der Waals surface area (Å²) < 4.78 is 35.1. The molecule has 0 aliphatic carbocycles. The highest BCUT2D eigenvalue weighted by Gasteiger charge is 2.42. The van der Waals surface area contributed by atoms with Gasteiger partial charge in [-0.25, -0.2) is 8.42 Å². The molecule has 0 N–H and O–H groups in total. The fourth-order valence-corrected chi connectivity index (χ4v) is 6.78. The van der Waals surface area contributed by atoms with Gasteiger partial charge in [0.15, 0.2) is 0 Å². The molecule has 0 saturated carbocycles. The quantitative estimate of drug-likeness (QED) is 0.807. The van der Waals surface area contributed by atoms with Gasteiger partial charge in [-0.3, -0.25) is 4.68 Å². The Balaban J connectivity index is 2.00. The van der Waals surface area contributed by atoms with Gasteiger partial charge < -0.3 is 4.74 Å². The third kappa shape index (κ3) is 2.52. The zero-order valence-electron chi connectivity index (χ0n) is 12.6. The molecule has 0 aromatic carbocycles. The molecule has 8 heteroatoms. The van der Waals surface area contributed by atoms with Crippen molar-refractivity contribution in [2.75, 3.05) is 25.5 Å². The number of nitrogens with zero attached hydrogens (tertiary/aromatic N) is 3. The van der Waals surface area contributed by atoms with Gasteiger partial charge in [0.1, 0.15) is 4.90 Å². The molecule has 0 radical (unpaired) electrons. The van der Waals surface area contributed by atoms with Crippen molar-refractivity contribution >= 4 is 21.8 Å². The van der Waals surface area contributed by atoms with Crippen LogP contribution in [0.2, 0.25) is 0 Å².